The van der Waals surface area contributed by atoms with Gasteiger partial charge in [0.1, 0.15) is 6.10 Å². The van der Waals surface area contributed by atoms with E-state index in [0.717, 1.165) is 25.7 Å². The lowest BCUT2D eigenvalue weighted by molar-refractivity contribution is -0.385. The van der Waals surface area contributed by atoms with Gasteiger partial charge in [0.25, 0.3) is 11.6 Å². The summed E-state index contributed by atoms with van der Waals surface area (Å²) in [6, 6.07) is 4.53. The van der Waals surface area contributed by atoms with Gasteiger partial charge >= 0.3 is 0 Å². The second kappa shape index (κ2) is 8.64. The molecule has 1 N–H and O–H groups in total. The van der Waals surface area contributed by atoms with Gasteiger partial charge in [-0.25, -0.2) is 0 Å². The van der Waals surface area contributed by atoms with Gasteiger partial charge in [0.15, 0.2) is 0 Å². The van der Waals surface area contributed by atoms with Crippen LogP contribution in [0.4, 0.5) is 5.69 Å². The zero-order chi connectivity index (χ0) is 20.1. The molecule has 28 heavy (non-hydrogen) atoms. The molecule has 2 aromatic rings. The van der Waals surface area contributed by atoms with E-state index >= 15 is 0 Å². The van der Waals surface area contributed by atoms with Gasteiger partial charge in [0.2, 0.25) is 11.8 Å². The number of hydrogen-bond donors (Lipinski definition) is 1. The van der Waals surface area contributed by atoms with E-state index in [9.17, 15) is 14.9 Å². The first-order chi connectivity index (χ1) is 13.5. The summed E-state index contributed by atoms with van der Waals surface area (Å²) >= 11 is 0. The summed E-state index contributed by atoms with van der Waals surface area (Å²) in [6.45, 7) is 1.59. The van der Waals surface area contributed by atoms with Crippen molar-refractivity contribution in [2.75, 3.05) is 7.11 Å². The number of hydrogen-bond acceptors (Lipinski definition) is 7. The highest BCUT2D eigenvalue weighted by molar-refractivity contribution is 5.96. The molecule has 1 amide bonds. The van der Waals surface area contributed by atoms with Crippen molar-refractivity contribution >= 4 is 11.6 Å². The number of methoxy groups -OCH3 is 1. The molecule has 0 radical (unpaired) electrons. The smallest absolute Gasteiger partial charge is 0.273 e. The van der Waals surface area contributed by atoms with E-state index < -0.39 is 4.92 Å². The van der Waals surface area contributed by atoms with Gasteiger partial charge in [0, 0.05) is 23.2 Å². The Morgan fingerprint density at radius 1 is 1.21 bits per heavy atom. The van der Waals surface area contributed by atoms with Gasteiger partial charge in [-0.3, -0.25) is 19.9 Å². The normalized spacial score (nSPS) is 18.9. The predicted octanol–water partition coefficient (Wildman–Crippen LogP) is 2.82. The first-order valence-corrected chi connectivity index (χ1v) is 9.05. The fraction of sp³-hybridized carbons (Fsp3) is 0.421. The van der Waals surface area contributed by atoms with Crippen LogP contribution < -0.4 is 14.8 Å². The molecule has 0 atom stereocenters. The fourth-order valence-corrected chi connectivity index (χ4v) is 3.31. The summed E-state index contributed by atoms with van der Waals surface area (Å²) in [5, 5.41) is 14.0. The molecule has 0 saturated heterocycles. The summed E-state index contributed by atoms with van der Waals surface area (Å²) in [4.78, 5) is 31.3. The summed E-state index contributed by atoms with van der Waals surface area (Å²) in [5.41, 5.74) is 0.655. The van der Waals surface area contributed by atoms with Crippen LogP contribution >= 0.6 is 0 Å². The van der Waals surface area contributed by atoms with Gasteiger partial charge < -0.3 is 14.8 Å². The van der Waals surface area contributed by atoms with Gasteiger partial charge in [-0.1, -0.05) is 6.07 Å². The van der Waals surface area contributed by atoms with Gasteiger partial charge in [-0.05, 0) is 38.7 Å². The third-order valence-electron chi connectivity index (χ3n) is 4.84. The molecular formula is C19H22N4O5. The molecule has 1 fully saturated rings. The van der Waals surface area contributed by atoms with Crippen molar-refractivity contribution in [2.45, 2.75) is 44.8 Å². The average Bonchev–Trinajstić information content (AvgIpc) is 2.69. The highest BCUT2D eigenvalue weighted by Crippen LogP contribution is 2.25. The van der Waals surface area contributed by atoms with Crippen LogP contribution in [-0.2, 0) is 0 Å². The minimum absolute atomic E-state index is 0.00223. The first-order valence-electron chi connectivity index (χ1n) is 9.05. The Morgan fingerprint density at radius 2 is 1.93 bits per heavy atom. The minimum Gasteiger partial charge on any atom is -0.480 e. The molecule has 0 unspecified atom stereocenters. The van der Waals surface area contributed by atoms with Crippen molar-refractivity contribution in [1.29, 1.82) is 0 Å². The number of carbonyl (C=O) groups excluding carboxylic acids is 1. The van der Waals surface area contributed by atoms with Crippen molar-refractivity contribution in [1.82, 2.24) is 15.3 Å². The number of amides is 1. The van der Waals surface area contributed by atoms with E-state index in [1.807, 2.05) is 0 Å². The summed E-state index contributed by atoms with van der Waals surface area (Å²) < 4.78 is 10.9. The van der Waals surface area contributed by atoms with Crippen LogP contribution in [0.3, 0.4) is 0 Å². The topological polar surface area (TPSA) is 116 Å². The lowest BCUT2D eigenvalue weighted by atomic mass is 9.92. The van der Waals surface area contributed by atoms with E-state index in [1.54, 1.807) is 19.2 Å². The molecule has 0 spiro atoms. The second-order valence-corrected chi connectivity index (χ2v) is 6.67. The standard InChI is InChI=1S/C19H22N4O5/c1-12-15(4-3-5-16(12)23(25)26)19(24)21-13-6-8-14(9-7-13)28-18-11-20-10-17(22-18)27-2/h3-5,10-11,13-14H,6-9H2,1-2H3,(H,21,24). The number of aromatic nitrogens is 2. The monoisotopic (exact) mass is 386 g/mol. The molecule has 148 valence electrons. The molecule has 1 aliphatic carbocycles. The second-order valence-electron chi connectivity index (χ2n) is 6.67. The Morgan fingerprint density at radius 3 is 2.61 bits per heavy atom. The molecule has 0 aliphatic heterocycles. The Kier molecular flexibility index (Phi) is 6.03. The van der Waals surface area contributed by atoms with Crippen molar-refractivity contribution in [3.8, 4) is 11.8 Å². The number of ether oxygens (including phenoxy) is 2. The van der Waals surface area contributed by atoms with Crippen LogP contribution in [0.2, 0.25) is 0 Å². The number of nitro groups is 1. The maximum absolute atomic E-state index is 12.6. The van der Waals surface area contributed by atoms with Crippen LogP contribution in [0.5, 0.6) is 11.8 Å². The van der Waals surface area contributed by atoms with E-state index in [0.29, 0.717) is 22.9 Å². The zero-order valence-corrected chi connectivity index (χ0v) is 15.8. The maximum atomic E-state index is 12.6. The highest BCUT2D eigenvalue weighted by atomic mass is 16.6. The minimum atomic E-state index is -0.476. The number of nitro benzene ring substituents is 1. The number of nitrogens with zero attached hydrogens (tertiary/aromatic N) is 3. The van der Waals surface area contributed by atoms with Crippen molar-refractivity contribution < 1.29 is 19.2 Å². The first kappa shape index (κ1) is 19.5. The number of rotatable bonds is 6. The largest absolute Gasteiger partial charge is 0.480 e. The van der Waals surface area contributed by atoms with Crippen LogP contribution in [0.1, 0.15) is 41.6 Å². The quantitative estimate of drug-likeness (QED) is 0.599. The molecule has 0 bridgehead atoms. The van der Waals surface area contributed by atoms with E-state index in [-0.39, 0.29) is 23.7 Å². The van der Waals surface area contributed by atoms with Crippen LogP contribution in [0.15, 0.2) is 30.6 Å². The Bertz CT molecular complexity index is 865. The molecule has 1 saturated carbocycles. The highest BCUT2D eigenvalue weighted by Gasteiger charge is 2.26. The summed E-state index contributed by atoms with van der Waals surface area (Å²) in [6.07, 6.45) is 6.07. The molecule has 3 rings (SSSR count). The molecule has 1 aromatic carbocycles. The Hall–Kier alpha value is -3.23. The number of nitrogens with one attached hydrogen (secondary N) is 1. The summed E-state index contributed by atoms with van der Waals surface area (Å²) in [5.74, 6) is 0.522. The van der Waals surface area contributed by atoms with E-state index in [2.05, 4.69) is 15.3 Å². The molecule has 1 heterocycles. The third kappa shape index (κ3) is 4.54. The molecule has 9 heteroatoms. The Balaban J connectivity index is 1.55. The fourth-order valence-electron chi connectivity index (χ4n) is 3.31. The predicted molar refractivity (Wildman–Crippen MR) is 101 cm³/mol. The van der Waals surface area contributed by atoms with Crippen LogP contribution in [-0.4, -0.2) is 40.1 Å². The van der Waals surface area contributed by atoms with E-state index in [4.69, 9.17) is 9.47 Å². The van der Waals surface area contributed by atoms with Crippen molar-refractivity contribution in [3.05, 3.63) is 51.8 Å². The molecule has 1 aromatic heterocycles. The van der Waals surface area contributed by atoms with E-state index in [1.165, 1.54) is 25.4 Å². The summed E-state index contributed by atoms with van der Waals surface area (Å²) in [7, 11) is 1.52. The number of carbonyl (C=O) groups is 1. The van der Waals surface area contributed by atoms with Crippen molar-refractivity contribution in [2.24, 2.45) is 0 Å². The van der Waals surface area contributed by atoms with Gasteiger partial charge in [-0.15, -0.1) is 0 Å². The third-order valence-corrected chi connectivity index (χ3v) is 4.84. The van der Waals surface area contributed by atoms with Crippen LogP contribution in [0, 0.1) is 17.0 Å². The molecule has 9 nitrogen and oxygen atoms in total. The van der Waals surface area contributed by atoms with Gasteiger partial charge in [-0.2, -0.15) is 4.98 Å². The molecular weight excluding hydrogens is 364 g/mol. The lowest BCUT2D eigenvalue weighted by Crippen LogP contribution is -2.40. The van der Waals surface area contributed by atoms with Gasteiger partial charge in [0.05, 0.1) is 24.4 Å². The maximum Gasteiger partial charge on any atom is 0.273 e. The van der Waals surface area contributed by atoms with Crippen LogP contribution in [0.25, 0.3) is 0 Å². The molecule has 1 aliphatic rings. The number of benzene rings is 1. The Labute approximate surface area is 162 Å². The van der Waals surface area contributed by atoms with Crippen molar-refractivity contribution in [3.63, 3.8) is 0 Å². The average molecular weight is 386 g/mol. The SMILES string of the molecule is COc1cncc(OC2CCC(NC(=O)c3cccc([N+](=O)[O-])c3C)CC2)n1. The lowest BCUT2D eigenvalue weighted by Gasteiger charge is -2.29. The zero-order valence-electron chi connectivity index (χ0n) is 15.8.